The summed E-state index contributed by atoms with van der Waals surface area (Å²) < 4.78 is 7.47. The molecular weight excluding hydrogens is 228 g/mol. The fourth-order valence-corrected chi connectivity index (χ4v) is 1.63. The summed E-state index contributed by atoms with van der Waals surface area (Å²) in [6, 6.07) is 2.04. The van der Waals surface area contributed by atoms with Gasteiger partial charge in [-0.3, -0.25) is 0 Å². The Morgan fingerprint density at radius 1 is 1.39 bits per heavy atom. The van der Waals surface area contributed by atoms with Crippen molar-refractivity contribution in [1.29, 1.82) is 0 Å². The average molecular weight is 248 g/mol. The Morgan fingerprint density at radius 2 is 2.17 bits per heavy atom. The highest BCUT2D eigenvalue weighted by molar-refractivity contribution is 5.57. The van der Waals surface area contributed by atoms with Crippen LogP contribution in [0.2, 0.25) is 0 Å². The normalized spacial score (nSPS) is 12.0. The average Bonchev–Trinajstić information content (AvgIpc) is 2.73. The van der Waals surface area contributed by atoms with Crippen LogP contribution in [0, 0.1) is 0 Å². The van der Waals surface area contributed by atoms with Crippen molar-refractivity contribution in [2.45, 2.75) is 26.2 Å². The van der Waals surface area contributed by atoms with E-state index in [0.29, 0.717) is 12.5 Å². The Morgan fingerprint density at radius 3 is 2.83 bits per heavy atom. The fraction of sp³-hybridized carbons (Fsp3) is 0.538. The number of hydrogen-bond acceptors (Lipinski definition) is 4. The van der Waals surface area contributed by atoms with Crippen LogP contribution < -0.4 is 10.1 Å². The molecule has 0 radical (unpaired) electrons. The van der Waals surface area contributed by atoms with Crippen molar-refractivity contribution in [2.24, 2.45) is 0 Å². The largest absolute Gasteiger partial charge is 0.475 e. The number of nitrogens with one attached hydrogen (secondary N) is 1. The maximum absolute atomic E-state index is 5.65. The van der Waals surface area contributed by atoms with Gasteiger partial charge in [-0.25, -0.2) is 9.50 Å². The van der Waals surface area contributed by atoms with Crippen LogP contribution in [0.4, 0.5) is 0 Å². The van der Waals surface area contributed by atoms with E-state index < -0.39 is 0 Å². The second-order valence-corrected chi connectivity index (χ2v) is 5.29. The van der Waals surface area contributed by atoms with E-state index in [4.69, 9.17) is 4.74 Å². The lowest BCUT2D eigenvalue weighted by Gasteiger charge is -2.13. The Balaban J connectivity index is 2.33. The van der Waals surface area contributed by atoms with Gasteiger partial charge < -0.3 is 10.1 Å². The van der Waals surface area contributed by atoms with Gasteiger partial charge in [0.05, 0.1) is 5.69 Å². The smallest absolute Gasteiger partial charge is 0.240 e. The monoisotopic (exact) mass is 248 g/mol. The predicted molar refractivity (Wildman–Crippen MR) is 71.1 cm³/mol. The van der Waals surface area contributed by atoms with Gasteiger partial charge in [0.15, 0.2) is 0 Å². The second-order valence-electron chi connectivity index (χ2n) is 5.29. The topological polar surface area (TPSA) is 51.5 Å². The summed E-state index contributed by atoms with van der Waals surface area (Å²) >= 11 is 0. The lowest BCUT2D eigenvalue weighted by Crippen LogP contribution is -2.16. The molecule has 0 amide bonds. The molecular formula is C13H20N4O. The van der Waals surface area contributed by atoms with Crippen molar-refractivity contribution in [3.8, 4) is 5.88 Å². The molecule has 0 aliphatic rings. The van der Waals surface area contributed by atoms with E-state index in [1.807, 2.05) is 23.8 Å². The molecule has 0 atom stereocenters. The first-order chi connectivity index (χ1) is 8.52. The van der Waals surface area contributed by atoms with Crippen LogP contribution in [-0.2, 0) is 5.41 Å². The quantitative estimate of drug-likeness (QED) is 0.835. The number of hydrogen-bond donors (Lipinski definition) is 1. The van der Waals surface area contributed by atoms with Crippen LogP contribution in [0.15, 0.2) is 18.5 Å². The van der Waals surface area contributed by atoms with E-state index in [2.05, 4.69) is 36.2 Å². The molecule has 0 unspecified atom stereocenters. The Bertz CT molecular complexity index is 527. The molecule has 0 bridgehead atoms. The SMILES string of the molecule is CNCCOc1nccn2nc(C(C)(C)C)cc12. The van der Waals surface area contributed by atoms with Crippen molar-refractivity contribution in [3.05, 3.63) is 24.2 Å². The first kappa shape index (κ1) is 12.8. The number of likely N-dealkylation sites (N-methyl/N-ethyl adjacent to an activating group) is 1. The molecule has 98 valence electrons. The minimum absolute atomic E-state index is 0.0221. The first-order valence-corrected chi connectivity index (χ1v) is 6.14. The highest BCUT2D eigenvalue weighted by Crippen LogP contribution is 2.25. The molecule has 0 aliphatic heterocycles. The standard InChI is InChI=1S/C13H20N4O/c1-13(2,3)11-9-10-12(18-8-6-14-4)15-5-7-17(10)16-11/h5,7,9,14H,6,8H2,1-4H3. The molecule has 2 heterocycles. The van der Waals surface area contributed by atoms with E-state index >= 15 is 0 Å². The lowest BCUT2D eigenvalue weighted by atomic mass is 9.92. The van der Waals surface area contributed by atoms with Crippen molar-refractivity contribution < 1.29 is 4.74 Å². The van der Waals surface area contributed by atoms with Crippen molar-refractivity contribution >= 4 is 5.52 Å². The Kier molecular flexibility index (Phi) is 3.52. The minimum atomic E-state index is 0.0221. The molecule has 2 aromatic rings. The molecule has 2 rings (SSSR count). The van der Waals surface area contributed by atoms with Gasteiger partial charge in [0.25, 0.3) is 0 Å². The van der Waals surface area contributed by atoms with Gasteiger partial charge in [-0.05, 0) is 13.1 Å². The number of fused-ring (bicyclic) bond motifs is 1. The third kappa shape index (κ3) is 2.61. The van der Waals surface area contributed by atoms with E-state index in [1.54, 1.807) is 6.20 Å². The maximum atomic E-state index is 5.65. The van der Waals surface area contributed by atoms with E-state index in [1.165, 1.54) is 0 Å². The summed E-state index contributed by atoms with van der Waals surface area (Å²) in [6.45, 7) is 7.82. The zero-order valence-electron chi connectivity index (χ0n) is 11.4. The summed E-state index contributed by atoms with van der Waals surface area (Å²) in [7, 11) is 1.90. The van der Waals surface area contributed by atoms with Crippen LogP contribution in [0.3, 0.4) is 0 Å². The van der Waals surface area contributed by atoms with Gasteiger partial charge in [0.1, 0.15) is 12.1 Å². The van der Waals surface area contributed by atoms with Gasteiger partial charge in [0, 0.05) is 24.4 Å². The molecule has 18 heavy (non-hydrogen) atoms. The third-order valence-electron chi connectivity index (χ3n) is 2.71. The summed E-state index contributed by atoms with van der Waals surface area (Å²) in [4.78, 5) is 4.26. The maximum Gasteiger partial charge on any atom is 0.240 e. The fourth-order valence-electron chi connectivity index (χ4n) is 1.63. The van der Waals surface area contributed by atoms with Crippen LogP contribution >= 0.6 is 0 Å². The minimum Gasteiger partial charge on any atom is -0.475 e. The molecule has 5 heteroatoms. The number of nitrogens with zero attached hydrogens (tertiary/aromatic N) is 3. The molecule has 1 N–H and O–H groups in total. The van der Waals surface area contributed by atoms with Gasteiger partial charge in [-0.15, -0.1) is 0 Å². The van der Waals surface area contributed by atoms with Gasteiger partial charge >= 0.3 is 0 Å². The predicted octanol–water partition coefficient (Wildman–Crippen LogP) is 1.62. The zero-order valence-corrected chi connectivity index (χ0v) is 11.4. The summed E-state index contributed by atoms with van der Waals surface area (Å²) in [5, 5.41) is 7.59. The van der Waals surface area contributed by atoms with Crippen LogP contribution in [0.5, 0.6) is 5.88 Å². The van der Waals surface area contributed by atoms with Crippen LogP contribution in [-0.4, -0.2) is 34.8 Å². The van der Waals surface area contributed by atoms with E-state index in [-0.39, 0.29) is 5.41 Å². The molecule has 0 saturated heterocycles. The van der Waals surface area contributed by atoms with Crippen molar-refractivity contribution in [2.75, 3.05) is 20.2 Å². The van der Waals surface area contributed by atoms with Gasteiger partial charge in [-0.1, -0.05) is 20.8 Å². The van der Waals surface area contributed by atoms with Crippen molar-refractivity contribution in [3.63, 3.8) is 0 Å². The van der Waals surface area contributed by atoms with Gasteiger partial charge in [0.2, 0.25) is 5.88 Å². The Labute approximate surface area is 107 Å². The van der Waals surface area contributed by atoms with Crippen LogP contribution in [0.1, 0.15) is 26.5 Å². The lowest BCUT2D eigenvalue weighted by molar-refractivity contribution is 0.309. The molecule has 0 spiro atoms. The third-order valence-corrected chi connectivity index (χ3v) is 2.71. The van der Waals surface area contributed by atoms with Crippen LogP contribution in [0.25, 0.3) is 5.52 Å². The highest BCUT2D eigenvalue weighted by atomic mass is 16.5. The number of rotatable bonds is 4. The molecule has 0 saturated carbocycles. The number of aromatic nitrogens is 3. The molecule has 0 aromatic carbocycles. The number of ether oxygens (including phenoxy) is 1. The molecule has 0 aliphatic carbocycles. The van der Waals surface area contributed by atoms with E-state index in [0.717, 1.165) is 17.8 Å². The Hall–Kier alpha value is -1.62. The highest BCUT2D eigenvalue weighted by Gasteiger charge is 2.19. The molecule has 2 aromatic heterocycles. The zero-order chi connectivity index (χ0) is 13.2. The molecule has 5 nitrogen and oxygen atoms in total. The summed E-state index contributed by atoms with van der Waals surface area (Å²) in [5.74, 6) is 0.635. The van der Waals surface area contributed by atoms with E-state index in [9.17, 15) is 0 Å². The molecule has 0 fully saturated rings. The van der Waals surface area contributed by atoms with Gasteiger partial charge in [-0.2, -0.15) is 5.10 Å². The first-order valence-electron chi connectivity index (χ1n) is 6.14. The summed E-state index contributed by atoms with van der Waals surface area (Å²) in [5.41, 5.74) is 1.97. The summed E-state index contributed by atoms with van der Waals surface area (Å²) in [6.07, 6.45) is 3.55. The van der Waals surface area contributed by atoms with Crippen molar-refractivity contribution in [1.82, 2.24) is 19.9 Å². The second kappa shape index (κ2) is 4.94.